The van der Waals surface area contributed by atoms with E-state index in [1.54, 1.807) is 13.8 Å². The first-order chi connectivity index (χ1) is 6.84. The van der Waals surface area contributed by atoms with Crippen LogP contribution < -0.4 is 0 Å². The fraction of sp³-hybridized carbons (Fsp3) is 0.889. The van der Waals surface area contributed by atoms with Crippen molar-refractivity contribution >= 4 is 5.91 Å². The second-order valence-electron chi connectivity index (χ2n) is 3.25. The highest BCUT2D eigenvalue weighted by Gasteiger charge is 2.43. The van der Waals surface area contributed by atoms with E-state index in [1.807, 2.05) is 0 Å². The van der Waals surface area contributed by atoms with Crippen LogP contribution in [-0.4, -0.2) is 43.3 Å². The van der Waals surface area contributed by atoms with E-state index in [4.69, 9.17) is 0 Å². The monoisotopic (exact) mass is 227 g/mol. The molecule has 6 heteroatoms. The van der Waals surface area contributed by atoms with Crippen molar-refractivity contribution in [3.05, 3.63) is 0 Å². The van der Waals surface area contributed by atoms with Gasteiger partial charge in [-0.3, -0.25) is 4.79 Å². The molecular weight excluding hydrogens is 211 g/mol. The largest absolute Gasteiger partial charge is 0.471 e. The minimum absolute atomic E-state index is 0.0378. The molecule has 0 aliphatic rings. The van der Waals surface area contributed by atoms with Gasteiger partial charge in [0.15, 0.2) is 0 Å². The summed E-state index contributed by atoms with van der Waals surface area (Å²) < 4.78 is 41.2. The van der Waals surface area contributed by atoms with Crippen molar-refractivity contribution in [2.24, 2.45) is 0 Å². The number of halogens is 3. The molecule has 90 valence electrons. The Morgan fingerprint density at radius 2 is 2.00 bits per heavy atom. The summed E-state index contributed by atoms with van der Waals surface area (Å²) in [6, 6.07) is -0.436. The topological polar surface area (TPSA) is 29.5 Å². The second kappa shape index (κ2) is 5.95. The summed E-state index contributed by atoms with van der Waals surface area (Å²) in [5, 5.41) is 0. The molecule has 0 saturated heterocycles. The number of hydrogen-bond acceptors (Lipinski definition) is 2. The van der Waals surface area contributed by atoms with Crippen LogP contribution in [0.15, 0.2) is 0 Å². The van der Waals surface area contributed by atoms with E-state index in [0.717, 1.165) is 4.90 Å². The minimum atomic E-state index is -4.81. The zero-order valence-corrected chi connectivity index (χ0v) is 9.10. The highest BCUT2D eigenvalue weighted by molar-refractivity contribution is 5.82. The van der Waals surface area contributed by atoms with Gasteiger partial charge >= 0.3 is 12.1 Å². The van der Waals surface area contributed by atoms with Gasteiger partial charge in [-0.2, -0.15) is 13.2 Å². The Morgan fingerprint density at radius 1 is 1.47 bits per heavy atom. The first kappa shape index (κ1) is 14.2. The van der Waals surface area contributed by atoms with E-state index in [-0.39, 0.29) is 13.2 Å². The Morgan fingerprint density at radius 3 is 2.33 bits per heavy atom. The molecule has 0 spiro atoms. The van der Waals surface area contributed by atoms with Gasteiger partial charge < -0.3 is 9.64 Å². The summed E-state index contributed by atoms with van der Waals surface area (Å²) in [5.74, 6) is -1.80. The van der Waals surface area contributed by atoms with Gasteiger partial charge in [-0.25, -0.2) is 0 Å². The summed E-state index contributed by atoms with van der Waals surface area (Å²) in [6.45, 7) is 3.38. The van der Waals surface area contributed by atoms with Crippen LogP contribution in [0.25, 0.3) is 0 Å². The van der Waals surface area contributed by atoms with E-state index in [1.165, 1.54) is 7.11 Å². The number of alkyl halides is 3. The van der Waals surface area contributed by atoms with Gasteiger partial charge in [0.25, 0.3) is 0 Å². The molecule has 0 bridgehead atoms. The fourth-order valence-electron chi connectivity index (χ4n) is 1.09. The number of ether oxygens (including phenoxy) is 1. The van der Waals surface area contributed by atoms with E-state index in [0.29, 0.717) is 6.42 Å². The average Bonchev–Trinajstić information content (AvgIpc) is 2.16. The number of carbonyl (C=O) groups is 1. The summed E-state index contributed by atoms with van der Waals surface area (Å²) in [4.78, 5) is 11.8. The second-order valence-corrected chi connectivity index (χ2v) is 3.25. The highest BCUT2D eigenvalue weighted by atomic mass is 19.4. The fourth-order valence-corrected chi connectivity index (χ4v) is 1.09. The maximum Gasteiger partial charge on any atom is 0.471 e. The van der Waals surface area contributed by atoms with Crippen molar-refractivity contribution in [3.63, 3.8) is 0 Å². The molecule has 0 saturated carbocycles. The summed E-state index contributed by atoms with van der Waals surface area (Å²) in [5.41, 5.74) is 0. The maximum absolute atomic E-state index is 12.2. The maximum atomic E-state index is 12.2. The van der Waals surface area contributed by atoms with Crippen LogP contribution in [0, 0.1) is 0 Å². The van der Waals surface area contributed by atoms with Crippen LogP contribution in [0.1, 0.15) is 20.3 Å². The highest BCUT2D eigenvalue weighted by Crippen LogP contribution is 2.20. The first-order valence-electron chi connectivity index (χ1n) is 4.71. The Labute approximate surface area is 87.2 Å². The molecule has 15 heavy (non-hydrogen) atoms. The molecule has 1 unspecified atom stereocenters. The minimum Gasteiger partial charge on any atom is -0.383 e. The van der Waals surface area contributed by atoms with Crippen LogP contribution in [0.2, 0.25) is 0 Å². The van der Waals surface area contributed by atoms with Crippen LogP contribution in [0.4, 0.5) is 13.2 Å². The lowest BCUT2D eigenvalue weighted by atomic mass is 10.2. The van der Waals surface area contributed by atoms with E-state index >= 15 is 0 Å². The molecule has 0 aliphatic heterocycles. The number of carbonyl (C=O) groups excluding carboxylic acids is 1. The Hall–Kier alpha value is -0.780. The van der Waals surface area contributed by atoms with Gasteiger partial charge in [0.05, 0.1) is 6.61 Å². The van der Waals surface area contributed by atoms with Crippen LogP contribution in [0.5, 0.6) is 0 Å². The summed E-state index contributed by atoms with van der Waals surface area (Å²) in [6.07, 6.45) is -4.33. The van der Waals surface area contributed by atoms with Gasteiger partial charge in [-0.05, 0) is 13.3 Å². The molecule has 0 aromatic rings. The molecule has 1 amide bonds. The van der Waals surface area contributed by atoms with Gasteiger partial charge in [0, 0.05) is 19.7 Å². The molecule has 0 aromatic carbocycles. The third-order valence-corrected chi connectivity index (χ3v) is 2.16. The molecule has 0 N–H and O–H groups in total. The lowest BCUT2D eigenvalue weighted by molar-refractivity contribution is -0.188. The number of methoxy groups -OCH3 is 1. The smallest absolute Gasteiger partial charge is 0.383 e. The number of rotatable bonds is 5. The number of nitrogens with zero attached hydrogens (tertiary/aromatic N) is 1. The quantitative estimate of drug-likeness (QED) is 0.717. The lowest BCUT2D eigenvalue weighted by Gasteiger charge is -2.28. The molecule has 1 atom stereocenters. The molecule has 0 heterocycles. The molecule has 0 aromatic heterocycles. The van der Waals surface area contributed by atoms with Crippen LogP contribution >= 0.6 is 0 Å². The summed E-state index contributed by atoms with van der Waals surface area (Å²) >= 11 is 0. The molecule has 0 radical (unpaired) electrons. The standard InChI is InChI=1S/C9H16F3NO2/c1-4-7(2)13(5-6-15-3)8(14)9(10,11)12/h7H,4-6H2,1-3H3. The molecular formula is C9H16F3NO2. The van der Waals surface area contributed by atoms with E-state index in [2.05, 4.69) is 4.74 Å². The molecule has 0 fully saturated rings. The number of amides is 1. The Balaban J connectivity index is 4.55. The van der Waals surface area contributed by atoms with Crippen LogP contribution in [-0.2, 0) is 9.53 Å². The van der Waals surface area contributed by atoms with Crippen molar-refractivity contribution in [2.75, 3.05) is 20.3 Å². The third-order valence-electron chi connectivity index (χ3n) is 2.16. The van der Waals surface area contributed by atoms with Gasteiger partial charge in [-0.1, -0.05) is 6.92 Å². The molecule has 0 rings (SSSR count). The van der Waals surface area contributed by atoms with Gasteiger partial charge in [0.2, 0.25) is 0 Å². The third kappa shape index (κ3) is 4.51. The van der Waals surface area contributed by atoms with Crippen molar-refractivity contribution in [1.82, 2.24) is 4.90 Å². The molecule has 0 aliphatic carbocycles. The van der Waals surface area contributed by atoms with E-state index < -0.39 is 18.1 Å². The SMILES string of the molecule is CCC(C)N(CCOC)C(=O)C(F)(F)F. The summed E-state index contributed by atoms with van der Waals surface area (Å²) in [7, 11) is 1.38. The Kier molecular flexibility index (Phi) is 5.64. The van der Waals surface area contributed by atoms with Crippen molar-refractivity contribution in [2.45, 2.75) is 32.5 Å². The van der Waals surface area contributed by atoms with Gasteiger partial charge in [0.1, 0.15) is 0 Å². The van der Waals surface area contributed by atoms with Gasteiger partial charge in [-0.15, -0.1) is 0 Å². The number of hydrogen-bond donors (Lipinski definition) is 0. The predicted molar refractivity (Wildman–Crippen MR) is 49.4 cm³/mol. The van der Waals surface area contributed by atoms with Crippen molar-refractivity contribution in [1.29, 1.82) is 0 Å². The predicted octanol–water partition coefficient (Wildman–Crippen LogP) is 1.82. The van der Waals surface area contributed by atoms with E-state index in [9.17, 15) is 18.0 Å². The lowest BCUT2D eigenvalue weighted by Crippen LogP contribution is -2.47. The van der Waals surface area contributed by atoms with Crippen molar-refractivity contribution < 1.29 is 22.7 Å². The zero-order valence-electron chi connectivity index (χ0n) is 9.10. The van der Waals surface area contributed by atoms with Crippen LogP contribution in [0.3, 0.4) is 0 Å². The Bertz CT molecular complexity index is 206. The van der Waals surface area contributed by atoms with Crippen molar-refractivity contribution in [3.8, 4) is 0 Å². The first-order valence-corrected chi connectivity index (χ1v) is 4.71. The normalized spacial score (nSPS) is 13.7. The average molecular weight is 227 g/mol. The molecule has 3 nitrogen and oxygen atoms in total. The zero-order chi connectivity index (χ0) is 12.1.